The Hall–Kier alpha value is -2.75. The first-order chi connectivity index (χ1) is 14.8. The number of carbonyl (C=O) groups is 2. The highest BCUT2D eigenvalue weighted by Crippen LogP contribution is 2.23. The van der Waals surface area contributed by atoms with Gasteiger partial charge in [-0.15, -0.1) is 0 Å². The third kappa shape index (κ3) is 5.69. The molecule has 3 rings (SSSR count). The van der Waals surface area contributed by atoms with E-state index in [9.17, 15) is 18.0 Å². The molecule has 1 unspecified atom stereocenters. The summed E-state index contributed by atoms with van der Waals surface area (Å²) in [6, 6.07) is 16.4. The van der Waals surface area contributed by atoms with E-state index in [1.165, 1.54) is 18.4 Å². The Morgan fingerprint density at radius 1 is 1.06 bits per heavy atom. The highest BCUT2D eigenvalue weighted by Gasteiger charge is 2.33. The molecular weight excluding hydrogens is 416 g/mol. The van der Waals surface area contributed by atoms with Crippen molar-refractivity contribution in [1.29, 1.82) is 0 Å². The Morgan fingerprint density at radius 3 is 2.45 bits per heavy atom. The van der Waals surface area contributed by atoms with E-state index >= 15 is 0 Å². The van der Waals surface area contributed by atoms with Gasteiger partial charge in [0.2, 0.25) is 5.91 Å². The fourth-order valence-corrected chi connectivity index (χ4v) is 4.69. The Balaban J connectivity index is 1.67. The number of anilines is 1. The maximum atomic E-state index is 12.9. The first-order valence-corrected chi connectivity index (χ1v) is 11.6. The van der Waals surface area contributed by atoms with Crippen LogP contribution < -0.4 is 10.6 Å². The molecule has 2 aromatic carbocycles. The lowest BCUT2D eigenvalue weighted by Gasteiger charge is -2.32. The van der Waals surface area contributed by atoms with E-state index in [2.05, 4.69) is 10.6 Å². The zero-order chi connectivity index (χ0) is 22.4. The Morgan fingerprint density at radius 2 is 1.74 bits per heavy atom. The summed E-state index contributed by atoms with van der Waals surface area (Å²) < 4.78 is 27.3. The van der Waals surface area contributed by atoms with Crippen molar-refractivity contribution in [2.24, 2.45) is 5.92 Å². The number of amides is 2. The molecule has 8 nitrogen and oxygen atoms in total. The van der Waals surface area contributed by atoms with Gasteiger partial charge in [-0.1, -0.05) is 42.5 Å². The van der Waals surface area contributed by atoms with Gasteiger partial charge in [0.05, 0.1) is 17.2 Å². The Labute approximate surface area is 183 Å². The van der Waals surface area contributed by atoms with Gasteiger partial charge in [0.25, 0.3) is 16.1 Å². The summed E-state index contributed by atoms with van der Waals surface area (Å²) in [4.78, 5) is 25.6. The third-order valence-corrected chi connectivity index (χ3v) is 7.18. The summed E-state index contributed by atoms with van der Waals surface area (Å²) in [6.45, 7) is 0.888. The molecule has 0 spiro atoms. The zero-order valence-electron chi connectivity index (χ0n) is 17.7. The fourth-order valence-electron chi connectivity index (χ4n) is 3.50. The molecule has 1 fully saturated rings. The van der Waals surface area contributed by atoms with E-state index in [0.717, 1.165) is 9.87 Å². The quantitative estimate of drug-likeness (QED) is 0.683. The van der Waals surface area contributed by atoms with Crippen molar-refractivity contribution < 1.29 is 18.0 Å². The number of benzene rings is 2. The SMILES string of the molecule is CN(C)S(=O)(=O)N1CCCC(C(=O)Nc2ccccc2C(=O)NCc2ccccc2)C1. The number of piperidine rings is 1. The molecule has 0 aliphatic carbocycles. The molecule has 0 bridgehead atoms. The number of hydrogen-bond acceptors (Lipinski definition) is 4. The lowest BCUT2D eigenvalue weighted by molar-refractivity contribution is -0.120. The predicted octanol–water partition coefficient (Wildman–Crippen LogP) is 2.07. The van der Waals surface area contributed by atoms with E-state index in [1.807, 2.05) is 30.3 Å². The molecule has 1 heterocycles. The third-order valence-electron chi connectivity index (χ3n) is 5.27. The molecule has 1 aliphatic heterocycles. The topological polar surface area (TPSA) is 98.8 Å². The van der Waals surface area contributed by atoms with E-state index in [0.29, 0.717) is 37.2 Å². The monoisotopic (exact) mass is 444 g/mol. The predicted molar refractivity (Wildman–Crippen MR) is 120 cm³/mol. The Kier molecular flexibility index (Phi) is 7.42. The average molecular weight is 445 g/mol. The van der Waals surface area contributed by atoms with E-state index in [1.54, 1.807) is 24.3 Å². The minimum atomic E-state index is -3.57. The van der Waals surface area contributed by atoms with Gasteiger partial charge in [-0.2, -0.15) is 17.0 Å². The number of hydrogen-bond donors (Lipinski definition) is 2. The number of rotatable bonds is 7. The first-order valence-electron chi connectivity index (χ1n) is 10.2. The molecule has 9 heteroatoms. The van der Waals surface area contributed by atoms with Crippen LogP contribution in [0, 0.1) is 5.92 Å². The normalized spacial score (nSPS) is 17.3. The van der Waals surface area contributed by atoms with Crippen molar-refractivity contribution in [2.75, 3.05) is 32.5 Å². The smallest absolute Gasteiger partial charge is 0.281 e. The van der Waals surface area contributed by atoms with Crippen molar-refractivity contribution in [3.63, 3.8) is 0 Å². The van der Waals surface area contributed by atoms with Gasteiger partial charge in [0, 0.05) is 33.7 Å². The van der Waals surface area contributed by atoms with E-state index in [4.69, 9.17) is 0 Å². The number of para-hydroxylation sites is 1. The van der Waals surface area contributed by atoms with Gasteiger partial charge in [-0.05, 0) is 30.5 Å². The summed E-state index contributed by atoms with van der Waals surface area (Å²) in [5, 5.41) is 5.69. The molecule has 1 aliphatic rings. The summed E-state index contributed by atoms with van der Waals surface area (Å²) >= 11 is 0. The van der Waals surface area contributed by atoms with Crippen LogP contribution in [-0.2, 0) is 21.5 Å². The van der Waals surface area contributed by atoms with Crippen LogP contribution in [0.15, 0.2) is 54.6 Å². The molecule has 2 amide bonds. The van der Waals surface area contributed by atoms with Crippen LogP contribution >= 0.6 is 0 Å². The summed E-state index contributed by atoms with van der Waals surface area (Å²) in [5.41, 5.74) is 1.74. The Bertz CT molecular complexity index is 1020. The van der Waals surface area contributed by atoms with Gasteiger partial charge in [0.1, 0.15) is 0 Å². The van der Waals surface area contributed by atoms with Crippen molar-refractivity contribution in [1.82, 2.24) is 13.9 Å². The van der Waals surface area contributed by atoms with Gasteiger partial charge >= 0.3 is 0 Å². The van der Waals surface area contributed by atoms with Crippen LogP contribution in [0.2, 0.25) is 0 Å². The molecule has 1 atom stereocenters. The molecule has 0 saturated carbocycles. The standard InChI is InChI=1S/C22H28N4O4S/c1-25(2)31(29,30)26-14-8-11-18(16-26)21(27)24-20-13-7-6-12-19(20)22(28)23-15-17-9-4-3-5-10-17/h3-7,9-10,12-13,18H,8,11,14-16H2,1-2H3,(H,23,28)(H,24,27). The highest BCUT2D eigenvalue weighted by molar-refractivity contribution is 7.86. The summed E-state index contributed by atoms with van der Waals surface area (Å²) in [6.07, 6.45) is 1.19. The second kappa shape index (κ2) is 10.0. The molecule has 0 radical (unpaired) electrons. The minimum absolute atomic E-state index is 0.120. The summed E-state index contributed by atoms with van der Waals surface area (Å²) in [5.74, 6) is -1.06. The fraction of sp³-hybridized carbons (Fsp3) is 0.364. The average Bonchev–Trinajstić information content (AvgIpc) is 2.78. The van der Waals surface area contributed by atoms with Crippen LogP contribution in [0.1, 0.15) is 28.8 Å². The maximum absolute atomic E-state index is 12.9. The van der Waals surface area contributed by atoms with E-state index < -0.39 is 16.1 Å². The van der Waals surface area contributed by atoms with Gasteiger partial charge in [-0.3, -0.25) is 9.59 Å². The van der Waals surface area contributed by atoms with Crippen LogP contribution in [-0.4, -0.2) is 56.0 Å². The van der Waals surface area contributed by atoms with Gasteiger partial charge in [-0.25, -0.2) is 0 Å². The van der Waals surface area contributed by atoms with Crippen molar-refractivity contribution in [2.45, 2.75) is 19.4 Å². The lowest BCUT2D eigenvalue weighted by atomic mass is 9.98. The number of nitrogens with zero attached hydrogens (tertiary/aromatic N) is 2. The second-order valence-electron chi connectivity index (χ2n) is 7.69. The number of nitrogens with one attached hydrogen (secondary N) is 2. The molecule has 31 heavy (non-hydrogen) atoms. The summed E-state index contributed by atoms with van der Waals surface area (Å²) in [7, 11) is -0.621. The van der Waals surface area contributed by atoms with Crippen molar-refractivity contribution in [3.05, 3.63) is 65.7 Å². The van der Waals surface area contributed by atoms with Crippen LogP contribution in [0.25, 0.3) is 0 Å². The van der Waals surface area contributed by atoms with Crippen molar-refractivity contribution in [3.8, 4) is 0 Å². The largest absolute Gasteiger partial charge is 0.348 e. The molecule has 0 aromatic heterocycles. The molecular formula is C22H28N4O4S. The van der Waals surface area contributed by atoms with Gasteiger partial charge < -0.3 is 10.6 Å². The maximum Gasteiger partial charge on any atom is 0.281 e. The molecule has 2 N–H and O–H groups in total. The van der Waals surface area contributed by atoms with Crippen LogP contribution in [0.3, 0.4) is 0 Å². The van der Waals surface area contributed by atoms with Crippen LogP contribution in [0.5, 0.6) is 0 Å². The van der Waals surface area contributed by atoms with Crippen molar-refractivity contribution >= 4 is 27.7 Å². The van der Waals surface area contributed by atoms with E-state index in [-0.39, 0.29) is 18.4 Å². The second-order valence-corrected chi connectivity index (χ2v) is 9.83. The molecule has 1 saturated heterocycles. The number of carbonyl (C=O) groups excluding carboxylic acids is 2. The minimum Gasteiger partial charge on any atom is -0.348 e. The lowest BCUT2D eigenvalue weighted by Crippen LogP contribution is -2.47. The van der Waals surface area contributed by atoms with Crippen LogP contribution in [0.4, 0.5) is 5.69 Å². The molecule has 166 valence electrons. The highest BCUT2D eigenvalue weighted by atomic mass is 32.2. The molecule has 2 aromatic rings. The zero-order valence-corrected chi connectivity index (χ0v) is 18.6. The van der Waals surface area contributed by atoms with Gasteiger partial charge in [0.15, 0.2) is 0 Å². The first kappa shape index (κ1) is 22.9.